The molecule has 0 amide bonds. The van der Waals surface area contributed by atoms with Crippen molar-refractivity contribution in [3.8, 4) is 0 Å². The van der Waals surface area contributed by atoms with Crippen LogP contribution in [-0.2, 0) is 11.8 Å². The van der Waals surface area contributed by atoms with E-state index in [4.69, 9.17) is 5.11 Å². The van der Waals surface area contributed by atoms with Gasteiger partial charge in [0, 0.05) is 18.6 Å². The van der Waals surface area contributed by atoms with Gasteiger partial charge in [0.15, 0.2) is 4.80 Å². The van der Waals surface area contributed by atoms with Crippen LogP contribution in [0, 0.1) is 5.82 Å². The van der Waals surface area contributed by atoms with Gasteiger partial charge in [0.2, 0.25) is 0 Å². The van der Waals surface area contributed by atoms with Crippen LogP contribution in [0.3, 0.4) is 0 Å². The number of carbonyl (C=O) groups is 1. The van der Waals surface area contributed by atoms with E-state index in [1.165, 1.54) is 30.4 Å². The first-order valence-corrected chi connectivity index (χ1v) is 6.54. The lowest BCUT2D eigenvalue weighted by atomic mass is 10.0. The highest BCUT2D eigenvalue weighted by atomic mass is 32.1. The lowest BCUT2D eigenvalue weighted by molar-refractivity contribution is -0.138. The van der Waals surface area contributed by atoms with E-state index in [0.29, 0.717) is 10.4 Å². The van der Waals surface area contributed by atoms with Crippen molar-refractivity contribution in [1.82, 2.24) is 4.57 Å². The third-order valence-corrected chi connectivity index (χ3v) is 3.67. The summed E-state index contributed by atoms with van der Waals surface area (Å²) in [6.07, 6.45) is 1.84. The lowest BCUT2D eigenvalue weighted by Crippen LogP contribution is -2.09. The van der Waals surface area contributed by atoms with Crippen LogP contribution in [0.4, 0.5) is 10.1 Å². The van der Waals surface area contributed by atoms with Gasteiger partial charge in [-0.2, -0.15) is 0 Å². The zero-order valence-electron chi connectivity index (χ0n) is 10.5. The van der Waals surface area contributed by atoms with Gasteiger partial charge in [-0.15, -0.1) is 11.3 Å². The molecule has 0 spiro atoms. The summed E-state index contributed by atoms with van der Waals surface area (Å²) in [5, 5.41) is 10.8. The van der Waals surface area contributed by atoms with E-state index < -0.39 is 17.7 Å². The average Bonchev–Trinajstić information content (AvgIpc) is 2.76. The Hall–Kier alpha value is -1.95. The van der Waals surface area contributed by atoms with Crippen LogP contribution in [0.2, 0.25) is 0 Å². The molecular formula is C13H13FN2O2S. The maximum atomic E-state index is 13.9. The van der Waals surface area contributed by atoms with Crippen LogP contribution in [-0.4, -0.2) is 15.6 Å². The number of aryl methyl sites for hydroxylation is 1. The second-order valence-electron chi connectivity index (χ2n) is 4.18. The van der Waals surface area contributed by atoms with Gasteiger partial charge < -0.3 is 9.67 Å². The fourth-order valence-electron chi connectivity index (χ4n) is 1.56. The number of thiazole rings is 1. The zero-order valence-corrected chi connectivity index (χ0v) is 11.3. The zero-order chi connectivity index (χ0) is 14.0. The lowest BCUT2D eigenvalue weighted by Gasteiger charge is -2.07. The summed E-state index contributed by atoms with van der Waals surface area (Å²) in [5.74, 6) is -2.23. The number of halogens is 1. The third kappa shape index (κ3) is 2.90. The molecular weight excluding hydrogens is 267 g/mol. The third-order valence-electron chi connectivity index (χ3n) is 2.82. The Morgan fingerprint density at radius 1 is 1.53 bits per heavy atom. The minimum absolute atomic E-state index is 0.208. The van der Waals surface area contributed by atoms with Crippen LogP contribution in [0.1, 0.15) is 18.4 Å². The molecule has 0 saturated carbocycles. The van der Waals surface area contributed by atoms with Gasteiger partial charge in [0.1, 0.15) is 11.5 Å². The molecule has 1 N–H and O–H groups in total. The molecule has 1 aromatic heterocycles. The first-order chi connectivity index (χ1) is 8.99. The second-order valence-corrected chi connectivity index (χ2v) is 5.05. The highest BCUT2D eigenvalue weighted by Crippen LogP contribution is 2.23. The first-order valence-electron chi connectivity index (χ1n) is 5.66. The summed E-state index contributed by atoms with van der Waals surface area (Å²) in [7, 11) is 1.83. The molecule has 0 fully saturated rings. The molecule has 0 aliphatic carbocycles. The molecule has 19 heavy (non-hydrogen) atoms. The molecule has 2 rings (SSSR count). The standard InChI is InChI=1S/C13H13FN2O2S/c1-8(12(17)18)9-3-4-11(10(14)7-9)15-13-16(2)5-6-19-13/h3-8H,1-2H3,(H,17,18). The Morgan fingerprint density at radius 3 is 2.79 bits per heavy atom. The van der Waals surface area contributed by atoms with Crippen molar-refractivity contribution in [3.05, 3.63) is 46.0 Å². The van der Waals surface area contributed by atoms with Crippen molar-refractivity contribution in [3.63, 3.8) is 0 Å². The Labute approximate surface area is 113 Å². The predicted molar refractivity (Wildman–Crippen MR) is 71.0 cm³/mol. The van der Waals surface area contributed by atoms with Crippen molar-refractivity contribution in [1.29, 1.82) is 0 Å². The van der Waals surface area contributed by atoms with E-state index in [1.54, 1.807) is 10.6 Å². The Kier molecular flexibility index (Phi) is 3.80. The van der Waals surface area contributed by atoms with Gasteiger partial charge in [-0.3, -0.25) is 4.79 Å². The molecule has 1 aromatic carbocycles. The van der Waals surface area contributed by atoms with Crippen molar-refractivity contribution in [2.45, 2.75) is 12.8 Å². The molecule has 2 aromatic rings. The summed E-state index contributed by atoms with van der Waals surface area (Å²) in [6, 6.07) is 4.32. The van der Waals surface area contributed by atoms with E-state index in [1.807, 2.05) is 18.6 Å². The summed E-state index contributed by atoms with van der Waals surface area (Å²) in [4.78, 5) is 15.7. The molecule has 0 saturated heterocycles. The number of carboxylic acid groups (broad SMARTS) is 1. The fourth-order valence-corrected chi connectivity index (χ4v) is 2.31. The van der Waals surface area contributed by atoms with E-state index in [2.05, 4.69) is 4.99 Å². The minimum Gasteiger partial charge on any atom is -0.481 e. The number of benzene rings is 1. The van der Waals surface area contributed by atoms with Crippen molar-refractivity contribution in [2.75, 3.05) is 0 Å². The molecule has 0 aliphatic heterocycles. The summed E-state index contributed by atoms with van der Waals surface area (Å²) in [6.45, 7) is 1.52. The summed E-state index contributed by atoms with van der Waals surface area (Å²) < 4.78 is 15.7. The number of nitrogens with zero attached hydrogens (tertiary/aromatic N) is 2. The monoisotopic (exact) mass is 280 g/mol. The molecule has 0 aliphatic rings. The minimum atomic E-state index is -0.978. The number of hydrogen-bond donors (Lipinski definition) is 1. The number of aromatic nitrogens is 1. The van der Waals surface area contributed by atoms with Crippen molar-refractivity contribution >= 4 is 23.0 Å². The Morgan fingerprint density at radius 2 is 2.26 bits per heavy atom. The van der Waals surface area contributed by atoms with Gasteiger partial charge >= 0.3 is 5.97 Å². The van der Waals surface area contributed by atoms with Gasteiger partial charge in [0.05, 0.1) is 5.92 Å². The van der Waals surface area contributed by atoms with E-state index in [-0.39, 0.29) is 5.69 Å². The molecule has 1 unspecified atom stereocenters. The Bertz CT molecular complexity index is 675. The fraction of sp³-hybridized carbons (Fsp3) is 0.231. The van der Waals surface area contributed by atoms with Gasteiger partial charge in [-0.1, -0.05) is 6.07 Å². The number of hydrogen-bond acceptors (Lipinski definition) is 3. The summed E-state index contributed by atoms with van der Waals surface area (Å²) >= 11 is 1.40. The van der Waals surface area contributed by atoms with Crippen LogP contribution in [0.15, 0.2) is 34.8 Å². The highest BCUT2D eigenvalue weighted by Gasteiger charge is 2.15. The van der Waals surface area contributed by atoms with Crippen LogP contribution < -0.4 is 4.80 Å². The van der Waals surface area contributed by atoms with Crippen molar-refractivity contribution < 1.29 is 14.3 Å². The molecule has 1 heterocycles. The van der Waals surface area contributed by atoms with E-state index in [9.17, 15) is 9.18 Å². The van der Waals surface area contributed by atoms with Crippen LogP contribution in [0.5, 0.6) is 0 Å². The number of rotatable bonds is 3. The SMILES string of the molecule is CC(C(=O)O)c1ccc(N=c2sccn2C)c(F)c1. The van der Waals surface area contributed by atoms with Gasteiger partial charge in [-0.25, -0.2) is 9.38 Å². The highest BCUT2D eigenvalue weighted by molar-refractivity contribution is 7.07. The smallest absolute Gasteiger partial charge is 0.310 e. The molecule has 0 bridgehead atoms. The molecule has 6 heteroatoms. The normalized spacial score (nSPS) is 13.5. The van der Waals surface area contributed by atoms with E-state index >= 15 is 0 Å². The topological polar surface area (TPSA) is 54.6 Å². The molecule has 100 valence electrons. The van der Waals surface area contributed by atoms with Crippen LogP contribution >= 0.6 is 11.3 Å². The van der Waals surface area contributed by atoms with Gasteiger partial charge in [0.25, 0.3) is 0 Å². The Balaban J connectivity index is 2.41. The molecule has 0 radical (unpaired) electrons. The van der Waals surface area contributed by atoms with Gasteiger partial charge in [-0.05, 0) is 24.6 Å². The quantitative estimate of drug-likeness (QED) is 0.939. The largest absolute Gasteiger partial charge is 0.481 e. The average molecular weight is 280 g/mol. The molecule has 1 atom stereocenters. The summed E-state index contributed by atoms with van der Waals surface area (Å²) in [5.41, 5.74) is 0.638. The maximum Gasteiger partial charge on any atom is 0.310 e. The maximum absolute atomic E-state index is 13.9. The number of aliphatic carboxylic acids is 1. The predicted octanol–water partition coefficient (Wildman–Crippen LogP) is 2.65. The van der Waals surface area contributed by atoms with Crippen molar-refractivity contribution in [2.24, 2.45) is 12.0 Å². The number of carboxylic acids is 1. The van der Waals surface area contributed by atoms with Crippen LogP contribution in [0.25, 0.3) is 0 Å². The van der Waals surface area contributed by atoms with E-state index in [0.717, 1.165) is 0 Å². The molecule has 4 nitrogen and oxygen atoms in total. The first kappa shape index (κ1) is 13.5. The second kappa shape index (κ2) is 5.36.